The van der Waals surface area contributed by atoms with E-state index in [0.29, 0.717) is 12.1 Å². The van der Waals surface area contributed by atoms with Crippen molar-refractivity contribution < 1.29 is 0 Å². The lowest BCUT2D eigenvalue weighted by molar-refractivity contribution is 0.845. The molecule has 4 aromatic rings. The number of aromatic nitrogens is 6. The van der Waals surface area contributed by atoms with Crippen molar-refractivity contribution in [1.82, 2.24) is 29.4 Å². The first-order valence-electron chi connectivity index (χ1n) is 8.78. The normalized spacial score (nSPS) is 11.3. The summed E-state index contributed by atoms with van der Waals surface area (Å²) in [7, 11) is 3.96. The molecule has 0 saturated carbocycles. The minimum atomic E-state index is -0.0565. The van der Waals surface area contributed by atoms with Crippen LogP contribution in [0, 0.1) is 6.92 Å². The summed E-state index contributed by atoms with van der Waals surface area (Å²) in [5, 5.41) is 7.45. The van der Waals surface area contributed by atoms with Gasteiger partial charge in [0.15, 0.2) is 11.5 Å². The number of pyridine rings is 1. The average molecular weight is 363 g/mol. The third-order valence-corrected chi connectivity index (χ3v) is 4.69. The number of hydrogen-bond acceptors (Lipinski definition) is 5. The number of anilines is 1. The number of fused-ring (bicyclic) bond motifs is 1. The molecule has 0 saturated heterocycles. The number of rotatable bonds is 4. The standard InChI is InChI=1S/C19H21N7O/c1-5-15-12(2)23-18-16(10-22-26(18)19(15)27)13-9-21-25(11-13)17-8-14(24(3)4)6-7-20-17/h6-11,22H,5H2,1-4H3. The van der Waals surface area contributed by atoms with E-state index in [1.807, 2.05) is 51.2 Å². The molecule has 0 aromatic carbocycles. The summed E-state index contributed by atoms with van der Waals surface area (Å²) < 4.78 is 3.21. The largest absolute Gasteiger partial charge is 0.378 e. The van der Waals surface area contributed by atoms with E-state index in [1.165, 1.54) is 4.52 Å². The van der Waals surface area contributed by atoms with E-state index in [2.05, 4.69) is 20.2 Å². The minimum Gasteiger partial charge on any atom is -0.378 e. The monoisotopic (exact) mass is 363 g/mol. The second-order valence-corrected chi connectivity index (χ2v) is 6.62. The van der Waals surface area contributed by atoms with Gasteiger partial charge in [-0.15, -0.1) is 0 Å². The summed E-state index contributed by atoms with van der Waals surface area (Å²) in [4.78, 5) is 23.7. The maximum Gasteiger partial charge on any atom is 0.276 e. The van der Waals surface area contributed by atoms with Crippen molar-refractivity contribution in [2.75, 3.05) is 19.0 Å². The molecule has 0 aliphatic carbocycles. The van der Waals surface area contributed by atoms with Crippen LogP contribution in [-0.4, -0.2) is 43.5 Å². The van der Waals surface area contributed by atoms with Crippen LogP contribution < -0.4 is 10.5 Å². The summed E-state index contributed by atoms with van der Waals surface area (Å²) in [6, 6.07) is 3.91. The third-order valence-electron chi connectivity index (χ3n) is 4.69. The summed E-state index contributed by atoms with van der Waals surface area (Å²) in [6.07, 6.45) is 7.84. The third kappa shape index (κ3) is 2.79. The molecule has 0 aliphatic heterocycles. The molecule has 0 unspecified atom stereocenters. The van der Waals surface area contributed by atoms with Gasteiger partial charge in [-0.25, -0.2) is 19.2 Å². The molecular weight excluding hydrogens is 342 g/mol. The van der Waals surface area contributed by atoms with Crippen LogP contribution in [0.2, 0.25) is 0 Å². The molecule has 0 atom stereocenters. The number of hydrogen-bond donors (Lipinski definition) is 1. The van der Waals surface area contributed by atoms with E-state index in [4.69, 9.17) is 0 Å². The van der Waals surface area contributed by atoms with Crippen molar-refractivity contribution in [3.8, 4) is 16.9 Å². The van der Waals surface area contributed by atoms with E-state index < -0.39 is 0 Å². The minimum absolute atomic E-state index is 0.0565. The Morgan fingerprint density at radius 2 is 2.11 bits per heavy atom. The molecule has 27 heavy (non-hydrogen) atoms. The van der Waals surface area contributed by atoms with E-state index >= 15 is 0 Å². The van der Waals surface area contributed by atoms with Gasteiger partial charge in [0.1, 0.15) is 0 Å². The highest BCUT2D eigenvalue weighted by Gasteiger charge is 2.15. The van der Waals surface area contributed by atoms with Gasteiger partial charge >= 0.3 is 0 Å². The van der Waals surface area contributed by atoms with Gasteiger partial charge in [-0.05, 0) is 19.4 Å². The predicted octanol–water partition coefficient (Wildman–Crippen LogP) is 2.21. The number of aromatic amines is 1. The van der Waals surface area contributed by atoms with Crippen LogP contribution in [0.1, 0.15) is 18.2 Å². The second kappa shape index (κ2) is 6.39. The maximum atomic E-state index is 12.6. The van der Waals surface area contributed by atoms with Crippen molar-refractivity contribution in [3.63, 3.8) is 0 Å². The Labute approximate surface area is 156 Å². The molecular formula is C19H21N7O. The molecule has 8 heteroatoms. The first-order valence-corrected chi connectivity index (χ1v) is 8.78. The van der Waals surface area contributed by atoms with Crippen molar-refractivity contribution in [2.24, 2.45) is 0 Å². The molecule has 0 bridgehead atoms. The van der Waals surface area contributed by atoms with Crippen LogP contribution >= 0.6 is 0 Å². The Hall–Kier alpha value is -3.42. The van der Waals surface area contributed by atoms with Crippen molar-refractivity contribution in [2.45, 2.75) is 20.3 Å². The fraction of sp³-hybridized carbons (Fsp3) is 0.263. The fourth-order valence-corrected chi connectivity index (χ4v) is 3.17. The highest BCUT2D eigenvalue weighted by molar-refractivity contribution is 5.76. The van der Waals surface area contributed by atoms with Crippen LogP contribution in [-0.2, 0) is 6.42 Å². The first-order chi connectivity index (χ1) is 13.0. The molecule has 0 aliphatic rings. The second-order valence-electron chi connectivity index (χ2n) is 6.62. The zero-order chi connectivity index (χ0) is 19.1. The highest BCUT2D eigenvalue weighted by atomic mass is 16.1. The van der Waals surface area contributed by atoms with Gasteiger partial charge in [0.2, 0.25) is 0 Å². The lowest BCUT2D eigenvalue weighted by Gasteiger charge is -2.12. The van der Waals surface area contributed by atoms with Crippen molar-refractivity contribution in [3.05, 3.63) is 58.5 Å². The van der Waals surface area contributed by atoms with Crippen LogP contribution in [0.25, 0.3) is 22.6 Å². The van der Waals surface area contributed by atoms with Crippen LogP contribution in [0.3, 0.4) is 0 Å². The van der Waals surface area contributed by atoms with Crippen LogP contribution in [0.4, 0.5) is 5.69 Å². The zero-order valence-electron chi connectivity index (χ0n) is 15.8. The van der Waals surface area contributed by atoms with Gasteiger partial charge in [0.25, 0.3) is 5.56 Å². The number of nitrogens with one attached hydrogen (secondary N) is 1. The van der Waals surface area contributed by atoms with Crippen LogP contribution in [0.15, 0.2) is 41.7 Å². The van der Waals surface area contributed by atoms with Gasteiger partial charge in [0.05, 0.1) is 6.20 Å². The molecule has 0 fully saturated rings. The van der Waals surface area contributed by atoms with Crippen molar-refractivity contribution >= 4 is 11.3 Å². The smallest absolute Gasteiger partial charge is 0.276 e. The first kappa shape index (κ1) is 17.0. The summed E-state index contributed by atoms with van der Waals surface area (Å²) in [6.45, 7) is 3.83. The average Bonchev–Trinajstić information content (AvgIpc) is 3.29. The molecule has 0 amide bonds. The van der Waals surface area contributed by atoms with Crippen molar-refractivity contribution in [1.29, 1.82) is 0 Å². The lowest BCUT2D eigenvalue weighted by Crippen LogP contribution is -2.21. The van der Waals surface area contributed by atoms with Gasteiger partial charge < -0.3 is 4.90 Å². The SMILES string of the molecule is CCc1c(C)nc2c(-c3cnn(-c4cc(N(C)C)ccn4)c3)c[nH]n2c1=O. The summed E-state index contributed by atoms with van der Waals surface area (Å²) in [5.41, 5.74) is 4.76. The molecule has 4 aromatic heterocycles. The van der Waals surface area contributed by atoms with Gasteiger partial charge in [0, 0.05) is 66.8 Å². The molecule has 1 N–H and O–H groups in total. The van der Waals surface area contributed by atoms with E-state index in [-0.39, 0.29) is 5.56 Å². The Kier molecular flexibility index (Phi) is 4.02. The Morgan fingerprint density at radius 1 is 1.30 bits per heavy atom. The number of nitrogens with zero attached hydrogens (tertiary/aromatic N) is 6. The van der Waals surface area contributed by atoms with Gasteiger partial charge in [-0.2, -0.15) is 5.10 Å². The van der Waals surface area contributed by atoms with E-state index in [1.54, 1.807) is 23.3 Å². The number of H-pyrrole nitrogens is 1. The van der Waals surface area contributed by atoms with Gasteiger partial charge in [-0.1, -0.05) is 6.92 Å². The molecule has 8 nitrogen and oxygen atoms in total. The fourth-order valence-electron chi connectivity index (χ4n) is 3.17. The van der Waals surface area contributed by atoms with Gasteiger partial charge in [-0.3, -0.25) is 9.89 Å². The molecule has 4 rings (SSSR count). The Balaban J connectivity index is 1.80. The predicted molar refractivity (Wildman–Crippen MR) is 105 cm³/mol. The molecule has 0 spiro atoms. The quantitative estimate of drug-likeness (QED) is 0.601. The summed E-state index contributed by atoms with van der Waals surface area (Å²) >= 11 is 0. The zero-order valence-corrected chi connectivity index (χ0v) is 15.8. The lowest BCUT2D eigenvalue weighted by atomic mass is 10.1. The topological polar surface area (TPSA) is 84.1 Å². The summed E-state index contributed by atoms with van der Waals surface area (Å²) in [5.74, 6) is 0.724. The Morgan fingerprint density at radius 3 is 2.85 bits per heavy atom. The maximum absolute atomic E-state index is 12.6. The molecule has 138 valence electrons. The molecule has 0 radical (unpaired) electrons. The number of aryl methyl sites for hydroxylation is 1. The highest BCUT2D eigenvalue weighted by Crippen LogP contribution is 2.24. The Bertz CT molecular complexity index is 1180. The van der Waals surface area contributed by atoms with E-state index in [0.717, 1.165) is 33.9 Å². The molecule has 4 heterocycles. The van der Waals surface area contributed by atoms with E-state index in [9.17, 15) is 4.79 Å². The van der Waals surface area contributed by atoms with Crippen LogP contribution in [0.5, 0.6) is 0 Å².